The van der Waals surface area contributed by atoms with Crippen molar-refractivity contribution < 1.29 is 9.59 Å². The Bertz CT molecular complexity index is 757. The minimum Gasteiger partial charge on any atom is -0.268 e. The van der Waals surface area contributed by atoms with Crippen LogP contribution < -0.4 is 0 Å². The van der Waals surface area contributed by atoms with E-state index in [4.69, 9.17) is 0 Å². The molecule has 1 aromatic rings. The third-order valence-corrected chi connectivity index (χ3v) is 4.45. The summed E-state index contributed by atoms with van der Waals surface area (Å²) in [5.74, 6) is -0.237. The molecule has 116 valence electrons. The van der Waals surface area contributed by atoms with Crippen molar-refractivity contribution in [1.29, 1.82) is 0 Å². The Kier molecular flexibility index (Phi) is 4.63. The zero-order chi connectivity index (χ0) is 16.2. The van der Waals surface area contributed by atoms with Crippen LogP contribution in [0.15, 0.2) is 70.8 Å². The number of imide groups is 1. The predicted octanol–water partition coefficient (Wildman–Crippen LogP) is 4.90. The smallest absolute Gasteiger partial charge is 0.268 e. The van der Waals surface area contributed by atoms with Crippen LogP contribution in [0.4, 0.5) is 4.79 Å². The molecule has 0 aromatic heterocycles. The summed E-state index contributed by atoms with van der Waals surface area (Å²) in [6.45, 7) is 1.93. The number of hydrogen-bond acceptors (Lipinski definition) is 3. The van der Waals surface area contributed by atoms with Crippen LogP contribution in [0.3, 0.4) is 0 Å². The standard InChI is InChI=1S/C19H17NO2S/c1-14(12-15-8-4-2-5-9-15)13-17-18(21)20(19(22)23-17)16-10-6-3-7-11-16/h2,4-6,8-13H,3,7H2,1H3/b14-12-,17-13-. The van der Waals surface area contributed by atoms with Gasteiger partial charge in [-0.05, 0) is 54.8 Å². The Morgan fingerprint density at radius 3 is 2.65 bits per heavy atom. The minimum atomic E-state index is -0.237. The Morgan fingerprint density at radius 2 is 1.96 bits per heavy atom. The Labute approximate surface area is 140 Å². The normalized spacial score (nSPS) is 20.4. The van der Waals surface area contributed by atoms with Crippen molar-refractivity contribution in [3.05, 3.63) is 76.4 Å². The molecule has 1 aromatic carbocycles. The van der Waals surface area contributed by atoms with Crippen LogP contribution >= 0.6 is 11.8 Å². The third-order valence-electron chi connectivity index (χ3n) is 3.58. The second kappa shape index (κ2) is 6.84. The fourth-order valence-electron chi connectivity index (χ4n) is 2.52. The van der Waals surface area contributed by atoms with Gasteiger partial charge in [-0.15, -0.1) is 0 Å². The largest absolute Gasteiger partial charge is 0.298 e. The molecule has 0 radical (unpaired) electrons. The third kappa shape index (κ3) is 3.54. The van der Waals surface area contributed by atoms with E-state index in [9.17, 15) is 9.59 Å². The lowest BCUT2D eigenvalue weighted by Gasteiger charge is -2.15. The van der Waals surface area contributed by atoms with Crippen molar-refractivity contribution in [1.82, 2.24) is 4.90 Å². The zero-order valence-corrected chi connectivity index (χ0v) is 13.7. The first-order chi connectivity index (χ1) is 11.1. The maximum atomic E-state index is 12.5. The summed E-state index contributed by atoms with van der Waals surface area (Å²) in [5.41, 5.74) is 2.69. The molecule has 2 aliphatic rings. The van der Waals surface area contributed by atoms with E-state index in [1.807, 2.05) is 61.6 Å². The number of carbonyl (C=O) groups excluding carboxylic acids is 2. The summed E-state index contributed by atoms with van der Waals surface area (Å²) in [5, 5.41) is -0.230. The van der Waals surface area contributed by atoms with Crippen LogP contribution in [0.1, 0.15) is 25.3 Å². The van der Waals surface area contributed by atoms with Crippen molar-refractivity contribution in [3.63, 3.8) is 0 Å². The topological polar surface area (TPSA) is 37.4 Å². The van der Waals surface area contributed by atoms with Crippen molar-refractivity contribution in [2.45, 2.75) is 19.8 Å². The van der Waals surface area contributed by atoms with Gasteiger partial charge in [0.1, 0.15) is 0 Å². The van der Waals surface area contributed by atoms with E-state index < -0.39 is 0 Å². The molecule has 1 fully saturated rings. The predicted molar refractivity (Wildman–Crippen MR) is 94.5 cm³/mol. The van der Waals surface area contributed by atoms with E-state index in [1.165, 1.54) is 4.90 Å². The first-order valence-corrected chi connectivity index (χ1v) is 8.35. The van der Waals surface area contributed by atoms with Crippen molar-refractivity contribution in [2.75, 3.05) is 0 Å². The lowest BCUT2D eigenvalue weighted by atomic mass is 10.1. The van der Waals surface area contributed by atoms with Gasteiger partial charge in [0.15, 0.2) is 0 Å². The average Bonchev–Trinajstić information content (AvgIpc) is 2.83. The van der Waals surface area contributed by atoms with Gasteiger partial charge >= 0.3 is 0 Å². The molecule has 3 rings (SSSR count). The minimum absolute atomic E-state index is 0.230. The fourth-order valence-corrected chi connectivity index (χ4v) is 3.41. The Morgan fingerprint density at radius 1 is 1.17 bits per heavy atom. The summed E-state index contributed by atoms with van der Waals surface area (Å²) < 4.78 is 0. The van der Waals surface area contributed by atoms with Gasteiger partial charge in [0.25, 0.3) is 11.1 Å². The molecule has 2 amide bonds. The number of thioether (sulfide) groups is 1. The van der Waals surface area contributed by atoms with E-state index in [0.29, 0.717) is 10.6 Å². The fraction of sp³-hybridized carbons (Fsp3) is 0.158. The highest BCUT2D eigenvalue weighted by Crippen LogP contribution is 2.35. The molecule has 1 aliphatic carbocycles. The first kappa shape index (κ1) is 15.6. The average molecular weight is 323 g/mol. The van der Waals surface area contributed by atoms with E-state index in [-0.39, 0.29) is 11.1 Å². The number of hydrogen-bond donors (Lipinski definition) is 0. The van der Waals surface area contributed by atoms with E-state index in [2.05, 4.69) is 0 Å². The molecule has 23 heavy (non-hydrogen) atoms. The molecule has 1 saturated heterocycles. The number of nitrogens with zero attached hydrogens (tertiary/aromatic N) is 1. The molecular weight excluding hydrogens is 306 g/mol. The van der Waals surface area contributed by atoms with Crippen molar-refractivity contribution in [2.24, 2.45) is 0 Å². The summed E-state index contributed by atoms with van der Waals surface area (Å²) in [4.78, 5) is 26.4. The molecule has 0 N–H and O–H groups in total. The lowest BCUT2D eigenvalue weighted by molar-refractivity contribution is -0.121. The maximum absolute atomic E-state index is 12.5. The van der Waals surface area contributed by atoms with Crippen LogP contribution in [-0.4, -0.2) is 16.0 Å². The zero-order valence-electron chi connectivity index (χ0n) is 12.9. The van der Waals surface area contributed by atoms with Gasteiger partial charge in [0.05, 0.1) is 4.91 Å². The molecule has 3 nitrogen and oxygen atoms in total. The van der Waals surface area contributed by atoms with Crippen LogP contribution in [0.25, 0.3) is 6.08 Å². The molecule has 0 bridgehead atoms. The van der Waals surface area contributed by atoms with E-state index >= 15 is 0 Å². The van der Waals surface area contributed by atoms with Crippen LogP contribution in [-0.2, 0) is 4.79 Å². The highest BCUT2D eigenvalue weighted by Gasteiger charge is 2.36. The number of rotatable bonds is 3. The van der Waals surface area contributed by atoms with Gasteiger partial charge in [0.2, 0.25) is 0 Å². The van der Waals surface area contributed by atoms with Crippen LogP contribution in [0.2, 0.25) is 0 Å². The van der Waals surface area contributed by atoms with Crippen molar-refractivity contribution >= 4 is 29.0 Å². The Hall–Kier alpha value is -2.33. The van der Waals surface area contributed by atoms with Gasteiger partial charge in [-0.1, -0.05) is 48.6 Å². The molecule has 0 unspecified atom stereocenters. The summed E-state index contributed by atoms with van der Waals surface area (Å²) in [6, 6.07) is 9.90. The van der Waals surface area contributed by atoms with E-state index in [0.717, 1.165) is 35.7 Å². The van der Waals surface area contributed by atoms with Crippen LogP contribution in [0, 0.1) is 0 Å². The molecule has 1 aliphatic heterocycles. The highest BCUT2D eigenvalue weighted by molar-refractivity contribution is 8.18. The number of benzene rings is 1. The van der Waals surface area contributed by atoms with Gasteiger partial charge in [-0.2, -0.15) is 0 Å². The first-order valence-electron chi connectivity index (χ1n) is 7.53. The van der Waals surface area contributed by atoms with Crippen LogP contribution in [0.5, 0.6) is 0 Å². The summed E-state index contributed by atoms with van der Waals surface area (Å²) in [7, 11) is 0. The summed E-state index contributed by atoms with van der Waals surface area (Å²) >= 11 is 0.997. The monoisotopic (exact) mass is 323 g/mol. The number of amides is 2. The molecule has 1 heterocycles. The van der Waals surface area contributed by atoms with E-state index in [1.54, 1.807) is 6.08 Å². The summed E-state index contributed by atoms with van der Waals surface area (Å²) in [6.07, 6.45) is 11.4. The van der Waals surface area contributed by atoms with Gasteiger partial charge in [-0.25, -0.2) is 4.90 Å². The molecule has 0 saturated carbocycles. The quantitative estimate of drug-likeness (QED) is 0.742. The van der Waals surface area contributed by atoms with Gasteiger partial charge in [-0.3, -0.25) is 9.59 Å². The molecule has 0 spiro atoms. The molecule has 0 atom stereocenters. The van der Waals surface area contributed by atoms with Gasteiger partial charge < -0.3 is 0 Å². The maximum Gasteiger partial charge on any atom is 0.298 e. The highest BCUT2D eigenvalue weighted by atomic mass is 32.2. The molecule has 4 heteroatoms. The van der Waals surface area contributed by atoms with Crippen molar-refractivity contribution in [3.8, 4) is 0 Å². The number of carbonyl (C=O) groups is 2. The molecular formula is C19H17NO2S. The van der Waals surface area contributed by atoms with Gasteiger partial charge in [0, 0.05) is 5.70 Å². The SMILES string of the molecule is CC(=C/c1ccccc1)/C=C1\SC(=O)N(C2=CCCC=C2)C1=O. The Balaban J connectivity index is 1.83. The second-order valence-corrected chi connectivity index (χ2v) is 6.42. The lowest BCUT2D eigenvalue weighted by Crippen LogP contribution is -2.27. The second-order valence-electron chi connectivity index (χ2n) is 5.42. The number of allylic oxidation sites excluding steroid dienone is 5.